The molecule has 1 saturated carbocycles. The number of allylic oxidation sites excluding steroid dienone is 3. The molecule has 13 heteroatoms. The number of nitrogens with zero attached hydrogens (tertiary/aromatic N) is 1. The second kappa shape index (κ2) is 25.7. The molecule has 370 valence electrons. The van der Waals surface area contributed by atoms with E-state index in [1.54, 1.807) is 19.1 Å². The monoisotopic (exact) mass is 923 g/mol. The fourth-order valence-electron chi connectivity index (χ4n) is 10.5. The number of ether oxygens (including phenoxy) is 4. The van der Waals surface area contributed by atoms with Crippen molar-refractivity contribution in [2.45, 2.75) is 213 Å². The van der Waals surface area contributed by atoms with Crippen LogP contribution >= 0.6 is 0 Å². The van der Waals surface area contributed by atoms with E-state index in [0.717, 1.165) is 89.0 Å². The number of carbonyl (C=O) groups excluding carboxylic acids is 6. The van der Waals surface area contributed by atoms with Gasteiger partial charge in [0, 0.05) is 57.3 Å². The van der Waals surface area contributed by atoms with Crippen molar-refractivity contribution in [1.29, 1.82) is 0 Å². The number of rotatable bonds is 23. The van der Waals surface area contributed by atoms with Gasteiger partial charge in [-0.05, 0) is 146 Å². The van der Waals surface area contributed by atoms with Crippen molar-refractivity contribution in [3.8, 4) is 0 Å². The molecule has 0 aromatic heterocycles. The summed E-state index contributed by atoms with van der Waals surface area (Å²) < 4.78 is 25.7. The van der Waals surface area contributed by atoms with Gasteiger partial charge in [0.25, 0.3) is 11.8 Å². The minimum absolute atomic E-state index is 0.00374. The highest BCUT2D eigenvalue weighted by molar-refractivity contribution is 6.12. The maximum atomic E-state index is 13.1. The van der Waals surface area contributed by atoms with Crippen molar-refractivity contribution >= 4 is 35.3 Å². The summed E-state index contributed by atoms with van der Waals surface area (Å²) in [6, 6.07) is 0. The van der Waals surface area contributed by atoms with Crippen LogP contribution in [0.25, 0.3) is 0 Å². The third-order valence-corrected chi connectivity index (χ3v) is 15.2. The Bertz CT molecular complexity index is 1730. The zero-order chi connectivity index (χ0) is 48.0. The summed E-state index contributed by atoms with van der Waals surface area (Å²) in [5.41, 5.74) is 1.03. The molecule has 2 N–H and O–H groups in total. The smallest absolute Gasteiger partial charge is 0.309 e. The fourth-order valence-corrected chi connectivity index (χ4v) is 10.5. The second-order valence-electron chi connectivity index (χ2n) is 20.7. The number of aliphatic hydroxyl groups excluding tert-OH is 1. The van der Waals surface area contributed by atoms with E-state index in [0.29, 0.717) is 38.3 Å². The number of Topliss-reactive ketones (excluding diaryl/α,β-unsaturated/α-hetero) is 1. The molecule has 4 heterocycles. The Balaban J connectivity index is 0.960. The van der Waals surface area contributed by atoms with Gasteiger partial charge in [0.05, 0.1) is 42.4 Å². The lowest BCUT2D eigenvalue weighted by molar-refractivity contribution is -0.324. The molecule has 1 spiro atoms. The highest BCUT2D eigenvalue weighted by Gasteiger charge is 2.44. The fraction of sp³-hybridized carbons (Fsp3) is 0.774. The molecule has 4 aliphatic heterocycles. The Morgan fingerprint density at radius 3 is 2.30 bits per heavy atom. The Labute approximate surface area is 394 Å². The first-order valence-corrected chi connectivity index (χ1v) is 25.5. The Morgan fingerprint density at radius 1 is 0.879 bits per heavy atom. The van der Waals surface area contributed by atoms with Crippen molar-refractivity contribution in [2.24, 2.45) is 35.5 Å². The molecule has 11 atom stereocenters. The van der Waals surface area contributed by atoms with E-state index >= 15 is 0 Å². The molecule has 0 aromatic carbocycles. The van der Waals surface area contributed by atoms with E-state index in [1.807, 2.05) is 20.8 Å². The van der Waals surface area contributed by atoms with Crippen LogP contribution < -0.4 is 5.32 Å². The van der Waals surface area contributed by atoms with Crippen LogP contribution in [-0.4, -0.2) is 101 Å². The van der Waals surface area contributed by atoms with Crippen molar-refractivity contribution in [1.82, 2.24) is 10.2 Å². The zero-order valence-corrected chi connectivity index (χ0v) is 41.1. The molecule has 0 aromatic rings. The maximum Gasteiger partial charge on any atom is 0.309 e. The van der Waals surface area contributed by atoms with Gasteiger partial charge in [-0.3, -0.25) is 33.7 Å². The molecule has 5 aliphatic rings. The lowest BCUT2D eigenvalue weighted by Gasteiger charge is -2.48. The van der Waals surface area contributed by atoms with E-state index in [1.165, 1.54) is 17.1 Å². The van der Waals surface area contributed by atoms with Crippen molar-refractivity contribution in [3.63, 3.8) is 0 Å². The normalized spacial score (nSPS) is 31.5. The number of esters is 1. The van der Waals surface area contributed by atoms with Crippen LogP contribution in [0.3, 0.4) is 0 Å². The molecule has 5 rings (SSSR count). The van der Waals surface area contributed by atoms with Crippen molar-refractivity contribution in [2.75, 3.05) is 13.1 Å². The van der Waals surface area contributed by atoms with Crippen LogP contribution in [0.1, 0.15) is 170 Å². The van der Waals surface area contributed by atoms with Crippen LogP contribution in [0.2, 0.25) is 0 Å². The Kier molecular flexibility index (Phi) is 20.8. The van der Waals surface area contributed by atoms with E-state index in [4.69, 9.17) is 18.9 Å². The van der Waals surface area contributed by atoms with Crippen LogP contribution in [0.4, 0.5) is 0 Å². The highest BCUT2D eigenvalue weighted by Crippen LogP contribution is 2.43. The van der Waals surface area contributed by atoms with Gasteiger partial charge in [-0.1, -0.05) is 39.8 Å². The van der Waals surface area contributed by atoms with Crippen molar-refractivity contribution in [3.05, 3.63) is 36.0 Å². The lowest BCUT2D eigenvalue weighted by atomic mass is 9.81. The van der Waals surface area contributed by atoms with Gasteiger partial charge >= 0.3 is 5.97 Å². The third kappa shape index (κ3) is 16.0. The number of amides is 3. The standard InChI is InChI=1S/C53H82N2O11/c1-8-11-42(56)31-45-22-15-35(3)48(64-45)32-43(57)20-23-46(58)38(6)51(61)54-29-10-13-47-36(4)26-28-53(66-47)27-9-12-44(65-53)21-14-34(2)30-37(5)39(7)63-52(62)41-18-16-40(17-19-41)33-55-49(59)24-25-50(55)60/h8,11,24-25,30,34-36,38-41,44-48,58H,9-10,12-23,26-29,31-33H2,1-7H3,(H,54,61). The first-order chi connectivity index (χ1) is 31.4. The number of carbonyl (C=O) groups is 6. The van der Waals surface area contributed by atoms with E-state index in [9.17, 15) is 33.9 Å². The maximum absolute atomic E-state index is 13.1. The zero-order valence-electron chi connectivity index (χ0n) is 41.1. The number of nitrogens with one attached hydrogen (secondary N) is 1. The predicted molar refractivity (Wildman–Crippen MR) is 252 cm³/mol. The summed E-state index contributed by atoms with van der Waals surface area (Å²) in [5, 5.41) is 13.8. The van der Waals surface area contributed by atoms with Gasteiger partial charge in [0.15, 0.2) is 11.6 Å². The van der Waals surface area contributed by atoms with Gasteiger partial charge < -0.3 is 29.4 Å². The average molecular weight is 923 g/mol. The number of aliphatic hydroxyl groups is 1. The average Bonchev–Trinajstić information content (AvgIpc) is 3.60. The van der Waals surface area contributed by atoms with Crippen LogP contribution in [0.5, 0.6) is 0 Å². The predicted octanol–water partition coefficient (Wildman–Crippen LogP) is 8.44. The largest absolute Gasteiger partial charge is 0.458 e. The van der Waals surface area contributed by atoms with Crippen LogP contribution in [0, 0.1) is 35.5 Å². The minimum atomic E-state index is -0.935. The highest BCUT2D eigenvalue weighted by atomic mass is 16.7. The lowest BCUT2D eigenvalue weighted by Crippen LogP contribution is -2.50. The quantitative estimate of drug-likeness (QED) is 0.0331. The van der Waals surface area contributed by atoms with Crippen LogP contribution in [-0.2, 0) is 47.7 Å². The van der Waals surface area contributed by atoms with Crippen molar-refractivity contribution < 1.29 is 52.8 Å². The number of hydrogen-bond acceptors (Lipinski definition) is 11. The third-order valence-electron chi connectivity index (χ3n) is 15.2. The summed E-state index contributed by atoms with van der Waals surface area (Å²) in [6.45, 7) is 14.9. The van der Waals surface area contributed by atoms with Gasteiger partial charge in [-0.25, -0.2) is 0 Å². The number of ketones is 2. The summed E-state index contributed by atoms with van der Waals surface area (Å²) >= 11 is 0. The minimum Gasteiger partial charge on any atom is -0.458 e. The summed E-state index contributed by atoms with van der Waals surface area (Å²) in [6.07, 6.45) is 20.4. The molecule has 0 radical (unpaired) electrons. The van der Waals surface area contributed by atoms with Gasteiger partial charge in [0.1, 0.15) is 11.9 Å². The molecular formula is C53H82N2O11. The van der Waals surface area contributed by atoms with Gasteiger partial charge in [0.2, 0.25) is 5.91 Å². The van der Waals surface area contributed by atoms with Crippen LogP contribution in [0.15, 0.2) is 36.0 Å². The first kappa shape index (κ1) is 53.4. The molecule has 11 unspecified atom stereocenters. The molecule has 4 fully saturated rings. The van der Waals surface area contributed by atoms with E-state index < -0.39 is 17.8 Å². The second-order valence-corrected chi connectivity index (χ2v) is 20.7. The molecule has 3 saturated heterocycles. The van der Waals surface area contributed by atoms with E-state index in [-0.39, 0.29) is 109 Å². The van der Waals surface area contributed by atoms with E-state index in [2.05, 4.69) is 32.2 Å². The molecule has 0 bridgehead atoms. The molecular weight excluding hydrogens is 841 g/mol. The Hall–Kier alpha value is -3.52. The topological polar surface area (TPSA) is 175 Å². The van der Waals surface area contributed by atoms with Gasteiger partial charge in [-0.15, -0.1) is 0 Å². The summed E-state index contributed by atoms with van der Waals surface area (Å²) in [4.78, 5) is 76.3. The summed E-state index contributed by atoms with van der Waals surface area (Å²) in [7, 11) is 0. The number of imide groups is 1. The molecule has 66 heavy (non-hydrogen) atoms. The summed E-state index contributed by atoms with van der Waals surface area (Å²) in [5.74, 6) is -1.19. The first-order valence-electron chi connectivity index (χ1n) is 25.5. The number of hydrogen-bond donors (Lipinski definition) is 2. The SMILES string of the molecule is CC=CC(=O)CC1CCC(C)C(CC(=O)CCC(O)C(C)C(=O)NCCCC2OC3(CCCC(CCC(C)C=C(C)C(C)OC(=O)C4CCC(CN5C(=O)C=CC5=O)CC4)O3)CCC2C)O1. The molecule has 1 aliphatic carbocycles. The van der Waals surface area contributed by atoms with Gasteiger partial charge in [-0.2, -0.15) is 0 Å². The molecule has 3 amide bonds. The Morgan fingerprint density at radius 2 is 1.59 bits per heavy atom. The molecule has 13 nitrogen and oxygen atoms in total.